The van der Waals surface area contributed by atoms with Gasteiger partial charge in [-0.15, -0.1) is 0 Å². The third-order valence-corrected chi connectivity index (χ3v) is 3.25. The fourth-order valence-corrected chi connectivity index (χ4v) is 2.15. The summed E-state index contributed by atoms with van der Waals surface area (Å²) in [5.74, 6) is 0.991. The highest BCUT2D eigenvalue weighted by atomic mass is 35.5. The van der Waals surface area contributed by atoms with Crippen LogP contribution in [-0.4, -0.2) is 12.2 Å². The van der Waals surface area contributed by atoms with Gasteiger partial charge in [0, 0.05) is 21.7 Å². The number of aliphatic hydroxyl groups is 1. The minimum atomic E-state index is -0.174. The maximum Gasteiger partial charge on any atom is 0.167 e. The molecule has 0 bridgehead atoms. The lowest BCUT2D eigenvalue weighted by molar-refractivity contribution is 0.250. The van der Waals surface area contributed by atoms with Crippen molar-refractivity contribution < 1.29 is 14.6 Å². The Morgan fingerprint density at radius 3 is 2.35 bits per heavy atom. The quantitative estimate of drug-likeness (QED) is 0.904. The van der Waals surface area contributed by atoms with E-state index in [1.165, 1.54) is 7.11 Å². The molecule has 0 saturated carbocycles. The summed E-state index contributed by atoms with van der Waals surface area (Å²) in [5.41, 5.74) is 1.55. The third-order valence-electron chi connectivity index (χ3n) is 2.78. The molecule has 0 unspecified atom stereocenters. The number of benzene rings is 2. The molecule has 0 spiro atoms. The molecule has 0 aromatic heterocycles. The Hall–Kier alpha value is -1.42. The summed E-state index contributed by atoms with van der Waals surface area (Å²) < 4.78 is 11.0. The van der Waals surface area contributed by atoms with E-state index < -0.39 is 0 Å². The highest BCUT2D eigenvalue weighted by molar-refractivity contribution is 6.31. The topological polar surface area (TPSA) is 38.7 Å². The van der Waals surface area contributed by atoms with Crippen LogP contribution in [0.4, 0.5) is 0 Å². The third kappa shape index (κ3) is 3.57. The molecular formula is C15H14Cl2O3. The van der Waals surface area contributed by atoms with E-state index in [0.717, 1.165) is 5.56 Å². The van der Waals surface area contributed by atoms with Crippen molar-refractivity contribution in [3.05, 3.63) is 57.6 Å². The largest absolute Gasteiger partial charge is 0.493 e. The molecule has 2 aromatic carbocycles. The Morgan fingerprint density at radius 1 is 1.05 bits per heavy atom. The lowest BCUT2D eigenvalue weighted by Crippen LogP contribution is -2.01. The summed E-state index contributed by atoms with van der Waals surface area (Å²) >= 11 is 11.8. The van der Waals surface area contributed by atoms with Gasteiger partial charge in [-0.25, -0.2) is 0 Å². The standard InChI is InChI=1S/C15H14Cl2O3/c1-19-14-7-13(17)6-11(8-18)15(14)20-9-10-2-4-12(16)5-3-10/h2-7,18H,8-9H2,1H3. The molecule has 0 fully saturated rings. The van der Waals surface area contributed by atoms with Crippen LogP contribution in [0.15, 0.2) is 36.4 Å². The van der Waals surface area contributed by atoms with Crippen molar-refractivity contribution in [1.29, 1.82) is 0 Å². The van der Waals surface area contributed by atoms with Gasteiger partial charge in [0.25, 0.3) is 0 Å². The molecule has 0 heterocycles. The second kappa shape index (κ2) is 6.84. The Morgan fingerprint density at radius 2 is 1.75 bits per heavy atom. The predicted octanol–water partition coefficient (Wildman–Crippen LogP) is 4.07. The van der Waals surface area contributed by atoms with E-state index in [0.29, 0.717) is 33.7 Å². The number of rotatable bonds is 5. The normalized spacial score (nSPS) is 10.4. The SMILES string of the molecule is COc1cc(Cl)cc(CO)c1OCc1ccc(Cl)cc1. The van der Waals surface area contributed by atoms with E-state index in [4.69, 9.17) is 32.7 Å². The first-order chi connectivity index (χ1) is 9.63. The van der Waals surface area contributed by atoms with Gasteiger partial charge >= 0.3 is 0 Å². The van der Waals surface area contributed by atoms with Gasteiger partial charge in [-0.3, -0.25) is 0 Å². The van der Waals surface area contributed by atoms with Gasteiger partial charge in [0.2, 0.25) is 0 Å². The number of ether oxygens (including phenoxy) is 2. The summed E-state index contributed by atoms with van der Waals surface area (Å²) in [4.78, 5) is 0. The van der Waals surface area contributed by atoms with Gasteiger partial charge in [0.1, 0.15) is 6.61 Å². The number of hydrogen-bond donors (Lipinski definition) is 1. The summed E-state index contributed by atoms with van der Waals surface area (Å²) in [6.07, 6.45) is 0. The minimum absolute atomic E-state index is 0.174. The second-order valence-electron chi connectivity index (χ2n) is 4.17. The van der Waals surface area contributed by atoms with E-state index in [9.17, 15) is 5.11 Å². The van der Waals surface area contributed by atoms with Crippen LogP contribution in [0.5, 0.6) is 11.5 Å². The van der Waals surface area contributed by atoms with Gasteiger partial charge < -0.3 is 14.6 Å². The zero-order chi connectivity index (χ0) is 14.5. The average Bonchev–Trinajstić information content (AvgIpc) is 2.46. The fraction of sp³-hybridized carbons (Fsp3) is 0.200. The highest BCUT2D eigenvalue weighted by Gasteiger charge is 2.12. The molecule has 5 heteroatoms. The maximum atomic E-state index is 9.38. The molecular weight excluding hydrogens is 299 g/mol. The Balaban J connectivity index is 2.21. The highest BCUT2D eigenvalue weighted by Crippen LogP contribution is 2.35. The van der Waals surface area contributed by atoms with Crippen LogP contribution in [0.3, 0.4) is 0 Å². The van der Waals surface area contributed by atoms with E-state index in [1.54, 1.807) is 24.3 Å². The molecule has 0 radical (unpaired) electrons. The van der Waals surface area contributed by atoms with E-state index >= 15 is 0 Å². The van der Waals surface area contributed by atoms with E-state index in [1.807, 2.05) is 12.1 Å². The summed E-state index contributed by atoms with van der Waals surface area (Å²) in [5, 5.41) is 10.6. The predicted molar refractivity (Wildman–Crippen MR) is 79.7 cm³/mol. The van der Waals surface area contributed by atoms with Gasteiger partial charge in [-0.1, -0.05) is 35.3 Å². The van der Waals surface area contributed by atoms with E-state index in [-0.39, 0.29) is 6.61 Å². The van der Waals surface area contributed by atoms with Crippen LogP contribution in [0.1, 0.15) is 11.1 Å². The van der Waals surface area contributed by atoms with Crippen LogP contribution in [0, 0.1) is 0 Å². The van der Waals surface area contributed by atoms with Crippen molar-refractivity contribution in [2.45, 2.75) is 13.2 Å². The molecule has 2 aromatic rings. The maximum absolute atomic E-state index is 9.38. The van der Waals surface area contributed by atoms with Gasteiger partial charge in [0.15, 0.2) is 11.5 Å². The van der Waals surface area contributed by atoms with Crippen molar-refractivity contribution in [3.63, 3.8) is 0 Å². The van der Waals surface area contributed by atoms with Crippen molar-refractivity contribution in [2.24, 2.45) is 0 Å². The minimum Gasteiger partial charge on any atom is -0.493 e. The first kappa shape index (κ1) is 15.0. The zero-order valence-electron chi connectivity index (χ0n) is 10.9. The first-order valence-electron chi connectivity index (χ1n) is 5.98. The van der Waals surface area contributed by atoms with Gasteiger partial charge in [-0.2, -0.15) is 0 Å². The molecule has 0 amide bonds. The second-order valence-corrected chi connectivity index (χ2v) is 5.04. The number of hydrogen-bond acceptors (Lipinski definition) is 3. The smallest absolute Gasteiger partial charge is 0.167 e. The first-order valence-corrected chi connectivity index (χ1v) is 6.74. The molecule has 0 aliphatic rings. The van der Waals surface area contributed by atoms with Crippen LogP contribution < -0.4 is 9.47 Å². The van der Waals surface area contributed by atoms with Crippen LogP contribution in [0.2, 0.25) is 10.0 Å². The van der Waals surface area contributed by atoms with Crippen molar-refractivity contribution in [1.82, 2.24) is 0 Å². The Bertz CT molecular complexity index is 557. The number of methoxy groups -OCH3 is 1. The molecule has 20 heavy (non-hydrogen) atoms. The number of aliphatic hydroxyl groups excluding tert-OH is 1. The molecule has 106 valence electrons. The summed E-state index contributed by atoms with van der Waals surface area (Å²) in [6.45, 7) is 0.176. The molecule has 0 aliphatic heterocycles. The molecule has 0 aliphatic carbocycles. The Kier molecular flexibility index (Phi) is 5.12. The van der Waals surface area contributed by atoms with Crippen molar-refractivity contribution >= 4 is 23.2 Å². The zero-order valence-corrected chi connectivity index (χ0v) is 12.4. The summed E-state index contributed by atoms with van der Waals surface area (Å²) in [6, 6.07) is 10.7. The van der Waals surface area contributed by atoms with Gasteiger partial charge in [-0.05, 0) is 23.8 Å². The van der Waals surface area contributed by atoms with Crippen molar-refractivity contribution in [2.75, 3.05) is 7.11 Å². The molecule has 1 N–H and O–H groups in total. The summed E-state index contributed by atoms with van der Waals surface area (Å²) in [7, 11) is 1.53. The van der Waals surface area contributed by atoms with E-state index in [2.05, 4.69) is 0 Å². The van der Waals surface area contributed by atoms with Crippen LogP contribution >= 0.6 is 23.2 Å². The Labute approximate surface area is 127 Å². The average molecular weight is 313 g/mol. The molecule has 0 atom stereocenters. The molecule has 3 nitrogen and oxygen atoms in total. The van der Waals surface area contributed by atoms with Crippen LogP contribution in [0.25, 0.3) is 0 Å². The lowest BCUT2D eigenvalue weighted by Gasteiger charge is -2.14. The monoisotopic (exact) mass is 312 g/mol. The van der Waals surface area contributed by atoms with Gasteiger partial charge in [0.05, 0.1) is 13.7 Å². The van der Waals surface area contributed by atoms with Crippen molar-refractivity contribution in [3.8, 4) is 11.5 Å². The molecule has 0 saturated heterocycles. The molecule has 2 rings (SSSR count). The van der Waals surface area contributed by atoms with Crippen LogP contribution in [-0.2, 0) is 13.2 Å². The number of halogens is 2. The lowest BCUT2D eigenvalue weighted by atomic mass is 10.2. The fourth-order valence-electron chi connectivity index (χ4n) is 1.79.